The van der Waals surface area contributed by atoms with Crippen LogP contribution in [0.4, 0.5) is 8.78 Å². The highest BCUT2D eigenvalue weighted by atomic mass is 127. The summed E-state index contributed by atoms with van der Waals surface area (Å²) < 4.78 is 40.3. The van der Waals surface area contributed by atoms with E-state index in [0.29, 0.717) is 36.1 Å². The third-order valence-electron chi connectivity index (χ3n) is 3.84. The predicted octanol–water partition coefficient (Wildman–Crippen LogP) is 4.28. The van der Waals surface area contributed by atoms with Gasteiger partial charge in [0.1, 0.15) is 11.5 Å². The number of rotatable bonds is 9. The monoisotopic (exact) mass is 524 g/mol. The number of hydrogen-bond donors (Lipinski definition) is 2. The maximum absolute atomic E-state index is 12.7. The van der Waals surface area contributed by atoms with Gasteiger partial charge in [0.25, 0.3) is 0 Å². The normalized spacial score (nSPS) is 11.4. The van der Waals surface area contributed by atoms with Gasteiger partial charge in [0.2, 0.25) is 0 Å². The number of guanidine groups is 1. The lowest BCUT2D eigenvalue weighted by Crippen LogP contribution is -2.36. The third kappa shape index (κ3) is 8.03. The van der Waals surface area contributed by atoms with Gasteiger partial charge in [-0.1, -0.05) is 19.0 Å². The molecule has 0 unspecified atom stereocenters. The summed E-state index contributed by atoms with van der Waals surface area (Å²) in [4.78, 5) is 4.43. The fourth-order valence-corrected chi connectivity index (χ4v) is 2.36. The number of alkyl halides is 2. The van der Waals surface area contributed by atoms with Crippen molar-refractivity contribution in [3.63, 3.8) is 0 Å². The zero-order valence-corrected chi connectivity index (χ0v) is 19.2. The molecule has 7 nitrogen and oxygen atoms in total. The highest BCUT2D eigenvalue weighted by Gasteiger charge is 2.12. The van der Waals surface area contributed by atoms with Crippen LogP contribution in [-0.2, 0) is 13.1 Å². The number of methoxy groups -OCH3 is 1. The van der Waals surface area contributed by atoms with Crippen molar-refractivity contribution in [2.45, 2.75) is 46.4 Å². The Morgan fingerprint density at radius 3 is 2.59 bits per heavy atom. The van der Waals surface area contributed by atoms with Crippen molar-refractivity contribution in [3.8, 4) is 11.5 Å². The predicted molar refractivity (Wildman–Crippen MR) is 117 cm³/mol. The van der Waals surface area contributed by atoms with E-state index >= 15 is 0 Å². The second-order valence-corrected chi connectivity index (χ2v) is 6.27. The summed E-state index contributed by atoms with van der Waals surface area (Å²) in [6, 6.07) is 6.62. The molecule has 10 heteroatoms. The van der Waals surface area contributed by atoms with E-state index in [2.05, 4.69) is 25.5 Å². The Morgan fingerprint density at radius 1 is 1.24 bits per heavy atom. The van der Waals surface area contributed by atoms with Gasteiger partial charge in [-0.25, -0.2) is 4.99 Å². The average Bonchev–Trinajstić information content (AvgIpc) is 3.13. The Morgan fingerprint density at radius 2 is 2.00 bits per heavy atom. The second kappa shape index (κ2) is 12.5. The van der Waals surface area contributed by atoms with E-state index in [-0.39, 0.29) is 42.2 Å². The van der Waals surface area contributed by atoms with Crippen LogP contribution in [0.15, 0.2) is 33.8 Å². The molecule has 0 atom stereocenters. The largest absolute Gasteiger partial charge is 0.497 e. The number of ether oxygens (including phenoxy) is 2. The SMILES string of the molecule is CCNC(=NCc1ccc(OC)cc1OC(F)F)NCc1cc(C(C)C)no1.I. The van der Waals surface area contributed by atoms with Crippen LogP contribution < -0.4 is 20.1 Å². The lowest BCUT2D eigenvalue weighted by molar-refractivity contribution is -0.0505. The van der Waals surface area contributed by atoms with Crippen LogP contribution in [0.3, 0.4) is 0 Å². The minimum Gasteiger partial charge on any atom is -0.497 e. The van der Waals surface area contributed by atoms with Gasteiger partial charge in [0.15, 0.2) is 11.7 Å². The zero-order valence-electron chi connectivity index (χ0n) is 16.9. The third-order valence-corrected chi connectivity index (χ3v) is 3.84. The van der Waals surface area contributed by atoms with Gasteiger partial charge in [-0.05, 0) is 25.0 Å². The van der Waals surface area contributed by atoms with Crippen molar-refractivity contribution in [1.82, 2.24) is 15.8 Å². The highest BCUT2D eigenvalue weighted by molar-refractivity contribution is 14.0. The molecule has 2 N–H and O–H groups in total. The number of nitrogens with zero attached hydrogens (tertiary/aromatic N) is 2. The standard InChI is InChI=1S/C19H26F2N4O3.HI/c1-5-22-19(24-11-15-8-16(12(2)3)25-28-15)23-10-13-6-7-14(26-4)9-17(13)27-18(20)21;/h6-9,12,18H,5,10-11H2,1-4H3,(H2,22,23,24);1H. The molecule has 0 amide bonds. The van der Waals surface area contributed by atoms with Crippen molar-refractivity contribution in [2.75, 3.05) is 13.7 Å². The topological polar surface area (TPSA) is 80.9 Å². The number of aliphatic imine (C=N–C) groups is 1. The van der Waals surface area contributed by atoms with Crippen LogP contribution in [0.25, 0.3) is 0 Å². The molecule has 0 saturated carbocycles. The maximum Gasteiger partial charge on any atom is 0.387 e. The smallest absolute Gasteiger partial charge is 0.387 e. The molecule has 0 fully saturated rings. The number of aromatic nitrogens is 1. The Kier molecular flexibility index (Phi) is 10.7. The fraction of sp³-hybridized carbons (Fsp3) is 0.474. The van der Waals surface area contributed by atoms with Gasteiger partial charge in [0.05, 0.1) is 25.9 Å². The van der Waals surface area contributed by atoms with Crippen LogP contribution in [0.5, 0.6) is 11.5 Å². The molecule has 29 heavy (non-hydrogen) atoms. The van der Waals surface area contributed by atoms with Gasteiger partial charge in [-0.2, -0.15) is 8.78 Å². The Bertz CT molecular complexity index is 785. The Hall–Kier alpha value is -2.11. The van der Waals surface area contributed by atoms with E-state index in [1.54, 1.807) is 12.1 Å². The molecular weight excluding hydrogens is 497 g/mol. The van der Waals surface area contributed by atoms with E-state index in [4.69, 9.17) is 9.26 Å². The molecule has 0 saturated heterocycles. The molecule has 1 heterocycles. The van der Waals surface area contributed by atoms with Crippen LogP contribution in [0.2, 0.25) is 0 Å². The number of benzene rings is 1. The molecule has 0 aliphatic rings. The molecule has 2 rings (SSSR count). The summed E-state index contributed by atoms with van der Waals surface area (Å²) >= 11 is 0. The summed E-state index contributed by atoms with van der Waals surface area (Å²) in [5, 5.41) is 10.2. The summed E-state index contributed by atoms with van der Waals surface area (Å²) in [7, 11) is 1.46. The molecule has 162 valence electrons. The first-order valence-corrected chi connectivity index (χ1v) is 9.02. The van der Waals surface area contributed by atoms with Crippen molar-refractivity contribution in [2.24, 2.45) is 4.99 Å². The molecule has 2 aromatic rings. The number of halogens is 3. The Labute approximate surface area is 186 Å². The molecular formula is C19H27F2IN4O3. The van der Waals surface area contributed by atoms with Gasteiger partial charge in [-0.3, -0.25) is 0 Å². The minimum atomic E-state index is -2.93. The summed E-state index contributed by atoms with van der Waals surface area (Å²) in [6.45, 7) is 4.26. The van der Waals surface area contributed by atoms with Gasteiger partial charge >= 0.3 is 6.61 Å². The fourth-order valence-electron chi connectivity index (χ4n) is 2.36. The van der Waals surface area contributed by atoms with Crippen molar-refractivity contribution in [3.05, 3.63) is 41.3 Å². The average molecular weight is 524 g/mol. The van der Waals surface area contributed by atoms with Crippen LogP contribution in [-0.4, -0.2) is 31.4 Å². The molecule has 0 aliphatic carbocycles. The quantitative estimate of drug-likeness (QED) is 0.290. The van der Waals surface area contributed by atoms with E-state index < -0.39 is 6.61 Å². The minimum absolute atomic E-state index is 0. The van der Waals surface area contributed by atoms with Crippen molar-refractivity contribution >= 4 is 29.9 Å². The van der Waals surface area contributed by atoms with Crippen molar-refractivity contribution in [1.29, 1.82) is 0 Å². The first-order chi connectivity index (χ1) is 13.4. The number of hydrogen-bond acceptors (Lipinski definition) is 5. The van der Waals surface area contributed by atoms with Gasteiger partial charge in [0, 0.05) is 24.2 Å². The molecule has 0 aliphatic heterocycles. The van der Waals surface area contributed by atoms with Gasteiger partial charge in [-0.15, -0.1) is 24.0 Å². The highest BCUT2D eigenvalue weighted by Crippen LogP contribution is 2.27. The first-order valence-electron chi connectivity index (χ1n) is 9.02. The summed E-state index contributed by atoms with van der Waals surface area (Å²) in [5.74, 6) is 1.94. The summed E-state index contributed by atoms with van der Waals surface area (Å²) in [5.41, 5.74) is 1.39. The first kappa shape index (κ1) is 24.9. The van der Waals surface area contributed by atoms with Crippen LogP contribution in [0.1, 0.15) is 43.7 Å². The number of nitrogens with one attached hydrogen (secondary N) is 2. The Balaban J connectivity index is 0.00000420. The lowest BCUT2D eigenvalue weighted by atomic mass is 10.1. The van der Waals surface area contributed by atoms with E-state index in [1.165, 1.54) is 13.2 Å². The molecule has 1 aromatic heterocycles. The molecule has 0 bridgehead atoms. The maximum atomic E-state index is 12.7. The van der Waals surface area contributed by atoms with Crippen molar-refractivity contribution < 1.29 is 22.8 Å². The lowest BCUT2D eigenvalue weighted by Gasteiger charge is -2.13. The van der Waals surface area contributed by atoms with Gasteiger partial charge < -0.3 is 24.6 Å². The molecule has 0 spiro atoms. The zero-order chi connectivity index (χ0) is 20.5. The second-order valence-electron chi connectivity index (χ2n) is 6.27. The van der Waals surface area contributed by atoms with E-state index in [9.17, 15) is 8.78 Å². The molecule has 1 aromatic carbocycles. The molecule has 0 radical (unpaired) electrons. The van der Waals surface area contributed by atoms with Crippen LogP contribution >= 0.6 is 24.0 Å². The van der Waals surface area contributed by atoms with Crippen LogP contribution in [0, 0.1) is 0 Å². The summed E-state index contributed by atoms with van der Waals surface area (Å²) in [6.07, 6.45) is 0. The van der Waals surface area contributed by atoms with E-state index in [0.717, 1.165) is 5.69 Å². The van der Waals surface area contributed by atoms with E-state index in [1.807, 2.05) is 26.8 Å².